The highest BCUT2D eigenvalue weighted by molar-refractivity contribution is 7.71. The van der Waals surface area contributed by atoms with Crippen molar-refractivity contribution in [2.24, 2.45) is 5.10 Å². The van der Waals surface area contributed by atoms with Gasteiger partial charge in [-0.3, -0.25) is 15.2 Å². The molecule has 8 nitrogen and oxygen atoms in total. The summed E-state index contributed by atoms with van der Waals surface area (Å²) in [4.78, 5) is 10.6. The molecule has 9 heteroatoms. The Bertz CT molecular complexity index is 765. The predicted octanol–water partition coefficient (Wildman–Crippen LogP) is 2.83. The lowest BCUT2D eigenvalue weighted by molar-refractivity contribution is -0.385. The second-order valence-corrected chi connectivity index (χ2v) is 4.85. The zero-order valence-corrected chi connectivity index (χ0v) is 13.0. The van der Waals surface area contributed by atoms with Crippen molar-refractivity contribution in [2.75, 3.05) is 6.61 Å². The minimum atomic E-state index is -0.475. The molecule has 1 aromatic heterocycles. The van der Waals surface area contributed by atoms with Crippen molar-refractivity contribution in [3.8, 4) is 5.75 Å². The molecule has 0 atom stereocenters. The molecule has 1 heterocycles. The van der Waals surface area contributed by atoms with Gasteiger partial charge in [-0.1, -0.05) is 6.92 Å². The summed E-state index contributed by atoms with van der Waals surface area (Å²) in [6, 6.07) is 4.67. The Labute approximate surface area is 131 Å². The molecule has 1 N–H and O–H groups in total. The number of aromatic nitrogens is 3. The Morgan fingerprint density at radius 3 is 2.95 bits per heavy atom. The number of aryl methyl sites for hydroxylation is 1. The van der Waals surface area contributed by atoms with Gasteiger partial charge in [0.1, 0.15) is 5.82 Å². The van der Waals surface area contributed by atoms with E-state index in [0.29, 0.717) is 22.8 Å². The van der Waals surface area contributed by atoms with Crippen LogP contribution in [0.15, 0.2) is 23.3 Å². The third-order valence-electron chi connectivity index (χ3n) is 2.78. The van der Waals surface area contributed by atoms with E-state index in [-0.39, 0.29) is 11.4 Å². The van der Waals surface area contributed by atoms with Crippen molar-refractivity contribution < 1.29 is 9.66 Å². The molecule has 0 spiro atoms. The van der Waals surface area contributed by atoms with Crippen LogP contribution in [-0.4, -0.2) is 32.6 Å². The molecule has 0 saturated carbocycles. The normalized spacial score (nSPS) is 11.0. The summed E-state index contributed by atoms with van der Waals surface area (Å²) >= 11 is 5.03. The van der Waals surface area contributed by atoms with Crippen molar-refractivity contribution >= 4 is 24.1 Å². The Kier molecular flexibility index (Phi) is 4.99. The molecule has 0 fully saturated rings. The number of rotatable bonds is 6. The summed E-state index contributed by atoms with van der Waals surface area (Å²) in [6.07, 6.45) is 2.26. The highest BCUT2D eigenvalue weighted by atomic mass is 32.1. The molecule has 0 aliphatic rings. The summed E-state index contributed by atoms with van der Waals surface area (Å²) in [5, 5.41) is 21.8. The van der Waals surface area contributed by atoms with Gasteiger partial charge in [0.2, 0.25) is 4.77 Å². The zero-order valence-electron chi connectivity index (χ0n) is 12.1. The van der Waals surface area contributed by atoms with Gasteiger partial charge >= 0.3 is 5.69 Å². The molecule has 0 unspecified atom stereocenters. The van der Waals surface area contributed by atoms with Crippen LogP contribution in [0.1, 0.15) is 24.7 Å². The van der Waals surface area contributed by atoms with Gasteiger partial charge in [-0.25, -0.2) is 0 Å². The van der Waals surface area contributed by atoms with Crippen molar-refractivity contribution in [3.63, 3.8) is 0 Å². The second kappa shape index (κ2) is 6.94. The van der Waals surface area contributed by atoms with Gasteiger partial charge in [-0.2, -0.15) is 14.9 Å². The lowest BCUT2D eigenvalue weighted by Gasteiger charge is -2.05. The van der Waals surface area contributed by atoms with Crippen LogP contribution >= 0.6 is 12.2 Å². The van der Waals surface area contributed by atoms with Crippen LogP contribution in [0, 0.1) is 21.8 Å². The highest BCUT2D eigenvalue weighted by Crippen LogP contribution is 2.27. The standard InChI is InChI=1S/C13H15N5O3S/c1-3-6-21-12-5-4-10(7-11(12)18(19)20)8-14-17-9(2)15-16-13(17)22/h4-5,7-8H,3,6H2,1-2H3,(H,16,22)/b14-8-. The average molecular weight is 321 g/mol. The first-order valence-corrected chi connectivity index (χ1v) is 7.03. The van der Waals surface area contributed by atoms with E-state index in [1.807, 2.05) is 6.92 Å². The molecule has 0 bridgehead atoms. The summed E-state index contributed by atoms with van der Waals surface area (Å²) in [5.74, 6) is 0.846. The first kappa shape index (κ1) is 15.8. The molecule has 2 aromatic rings. The van der Waals surface area contributed by atoms with Crippen LogP contribution in [0.3, 0.4) is 0 Å². The fraction of sp³-hybridized carbons (Fsp3) is 0.308. The van der Waals surface area contributed by atoms with Gasteiger partial charge in [-0.15, -0.1) is 0 Å². The van der Waals surface area contributed by atoms with Crippen LogP contribution in [0.25, 0.3) is 0 Å². The average Bonchev–Trinajstić information content (AvgIpc) is 2.82. The lowest BCUT2D eigenvalue weighted by atomic mass is 10.2. The van der Waals surface area contributed by atoms with E-state index >= 15 is 0 Å². The Hall–Kier alpha value is -2.55. The number of hydrogen-bond acceptors (Lipinski definition) is 6. The molecule has 0 saturated heterocycles. The molecule has 1 aromatic carbocycles. The largest absolute Gasteiger partial charge is 0.487 e. The van der Waals surface area contributed by atoms with Crippen molar-refractivity contribution in [1.29, 1.82) is 0 Å². The Morgan fingerprint density at radius 2 is 2.36 bits per heavy atom. The third-order valence-corrected chi connectivity index (χ3v) is 3.04. The van der Waals surface area contributed by atoms with E-state index in [9.17, 15) is 10.1 Å². The maximum absolute atomic E-state index is 11.1. The number of aromatic amines is 1. The van der Waals surface area contributed by atoms with E-state index in [4.69, 9.17) is 17.0 Å². The van der Waals surface area contributed by atoms with Gasteiger partial charge in [0.05, 0.1) is 17.7 Å². The van der Waals surface area contributed by atoms with Gasteiger partial charge in [0.25, 0.3) is 0 Å². The molecule has 116 valence electrons. The number of benzene rings is 1. The number of ether oxygens (including phenoxy) is 1. The minimum Gasteiger partial charge on any atom is -0.487 e. The van der Waals surface area contributed by atoms with Crippen molar-refractivity contribution in [2.45, 2.75) is 20.3 Å². The molecule has 22 heavy (non-hydrogen) atoms. The highest BCUT2D eigenvalue weighted by Gasteiger charge is 2.15. The van der Waals surface area contributed by atoms with Crippen molar-refractivity contribution in [1.82, 2.24) is 14.9 Å². The molecule has 0 aliphatic carbocycles. The number of nitrogens with zero attached hydrogens (tertiary/aromatic N) is 4. The molecular formula is C13H15N5O3S. The smallest absolute Gasteiger partial charge is 0.311 e. The quantitative estimate of drug-likeness (QED) is 0.382. The zero-order chi connectivity index (χ0) is 16.1. The van der Waals surface area contributed by atoms with Crippen LogP contribution in [0.2, 0.25) is 0 Å². The predicted molar refractivity (Wildman–Crippen MR) is 84.0 cm³/mol. The Balaban J connectivity index is 2.31. The van der Waals surface area contributed by atoms with Crippen LogP contribution < -0.4 is 4.74 Å². The topological polar surface area (TPSA) is 98.3 Å². The number of H-pyrrole nitrogens is 1. The van der Waals surface area contributed by atoms with Crippen molar-refractivity contribution in [3.05, 3.63) is 44.5 Å². The molecule has 0 aliphatic heterocycles. The van der Waals surface area contributed by atoms with Crippen LogP contribution in [0.4, 0.5) is 5.69 Å². The minimum absolute atomic E-state index is 0.0927. The number of nitro groups is 1. The van der Waals surface area contributed by atoms with E-state index in [2.05, 4.69) is 15.3 Å². The molecular weight excluding hydrogens is 306 g/mol. The monoisotopic (exact) mass is 321 g/mol. The third kappa shape index (κ3) is 3.55. The number of nitro benzene ring substituents is 1. The summed E-state index contributed by atoms with van der Waals surface area (Å²) < 4.78 is 7.15. The summed E-state index contributed by atoms with van der Waals surface area (Å²) in [6.45, 7) is 4.11. The number of nitrogens with one attached hydrogen (secondary N) is 1. The molecule has 0 radical (unpaired) electrons. The lowest BCUT2D eigenvalue weighted by Crippen LogP contribution is -2.00. The first-order valence-electron chi connectivity index (χ1n) is 6.62. The van der Waals surface area contributed by atoms with E-state index in [1.54, 1.807) is 19.1 Å². The van der Waals surface area contributed by atoms with Crippen LogP contribution in [0.5, 0.6) is 5.75 Å². The maximum atomic E-state index is 11.1. The van der Waals surface area contributed by atoms with Gasteiger partial charge in [0.15, 0.2) is 5.75 Å². The van der Waals surface area contributed by atoms with E-state index in [0.717, 1.165) is 6.42 Å². The number of hydrogen-bond donors (Lipinski definition) is 1. The van der Waals surface area contributed by atoms with E-state index in [1.165, 1.54) is 17.0 Å². The van der Waals surface area contributed by atoms with Gasteiger partial charge in [-0.05, 0) is 37.7 Å². The fourth-order valence-electron chi connectivity index (χ4n) is 1.72. The summed E-state index contributed by atoms with van der Waals surface area (Å²) in [7, 11) is 0. The van der Waals surface area contributed by atoms with Gasteiger partial charge in [0, 0.05) is 11.6 Å². The maximum Gasteiger partial charge on any atom is 0.311 e. The second-order valence-electron chi connectivity index (χ2n) is 4.47. The SMILES string of the molecule is CCCOc1ccc(/C=N\n2c(C)n[nH]c2=S)cc1[N+](=O)[O-]. The van der Waals surface area contributed by atoms with E-state index < -0.39 is 4.92 Å². The molecule has 0 amide bonds. The fourth-order valence-corrected chi connectivity index (χ4v) is 1.95. The van der Waals surface area contributed by atoms with Crippen LogP contribution in [-0.2, 0) is 0 Å². The first-order chi connectivity index (χ1) is 10.5. The Morgan fingerprint density at radius 1 is 1.59 bits per heavy atom. The molecule has 2 rings (SSSR count). The summed E-state index contributed by atoms with van der Waals surface area (Å²) in [5.41, 5.74) is 0.475. The van der Waals surface area contributed by atoms with Gasteiger partial charge < -0.3 is 4.74 Å².